The first kappa shape index (κ1) is 9.68. The maximum absolute atomic E-state index is 11.2. The molecular formula is C9H17NO2. The summed E-state index contributed by atoms with van der Waals surface area (Å²) < 4.78 is 0. The summed E-state index contributed by atoms with van der Waals surface area (Å²) in [5.74, 6) is 0.0775. The molecule has 12 heavy (non-hydrogen) atoms. The molecule has 0 aliphatic carbocycles. The molecule has 1 heterocycles. The molecule has 2 unspecified atom stereocenters. The van der Waals surface area contributed by atoms with Crippen molar-refractivity contribution in [2.24, 2.45) is 0 Å². The molecular weight excluding hydrogens is 154 g/mol. The van der Waals surface area contributed by atoms with Crippen LogP contribution in [0.3, 0.4) is 0 Å². The van der Waals surface area contributed by atoms with Crippen molar-refractivity contribution in [3.63, 3.8) is 0 Å². The minimum Gasteiger partial charge on any atom is -0.391 e. The van der Waals surface area contributed by atoms with Gasteiger partial charge in [-0.3, -0.25) is 9.69 Å². The number of hydrogen-bond acceptors (Lipinski definition) is 3. The fourth-order valence-corrected chi connectivity index (χ4v) is 1.88. The molecule has 0 radical (unpaired) electrons. The van der Waals surface area contributed by atoms with E-state index in [2.05, 4.69) is 4.90 Å². The van der Waals surface area contributed by atoms with Gasteiger partial charge in [-0.2, -0.15) is 0 Å². The Morgan fingerprint density at radius 2 is 2.17 bits per heavy atom. The van der Waals surface area contributed by atoms with Gasteiger partial charge in [-0.1, -0.05) is 0 Å². The first-order chi connectivity index (χ1) is 5.54. The second-order valence-corrected chi connectivity index (χ2v) is 3.74. The second-order valence-electron chi connectivity index (χ2n) is 3.74. The van der Waals surface area contributed by atoms with Crippen LogP contribution in [0.1, 0.15) is 27.2 Å². The van der Waals surface area contributed by atoms with E-state index in [1.54, 1.807) is 6.92 Å². The smallest absolute Gasteiger partial charge is 0.149 e. The number of likely N-dealkylation sites (tertiary alicyclic amines) is 1. The number of ketones is 1. The number of rotatable bonds is 2. The average Bonchev–Trinajstić information content (AvgIpc) is 2.30. The lowest BCUT2D eigenvalue weighted by molar-refractivity contribution is -0.124. The lowest BCUT2D eigenvalue weighted by atomic mass is 10.1. The molecule has 1 N–H and O–H groups in total. The number of hydrogen-bond donors (Lipinski definition) is 1. The van der Waals surface area contributed by atoms with Gasteiger partial charge < -0.3 is 5.11 Å². The van der Waals surface area contributed by atoms with Crippen molar-refractivity contribution in [1.29, 1.82) is 0 Å². The van der Waals surface area contributed by atoms with Crippen LogP contribution in [-0.4, -0.2) is 40.5 Å². The topological polar surface area (TPSA) is 40.5 Å². The Bertz CT molecular complexity index is 179. The number of carbonyl (C=O) groups excluding carboxylic acids is 1. The van der Waals surface area contributed by atoms with Gasteiger partial charge in [0.25, 0.3) is 0 Å². The number of carbonyl (C=O) groups is 1. The van der Waals surface area contributed by atoms with Crippen LogP contribution < -0.4 is 0 Å². The van der Waals surface area contributed by atoms with Gasteiger partial charge in [0, 0.05) is 12.6 Å². The summed E-state index contributed by atoms with van der Waals surface area (Å²) in [6, 6.07) is 0.0843. The van der Waals surface area contributed by atoms with E-state index in [-0.39, 0.29) is 11.8 Å². The molecule has 1 fully saturated rings. The molecule has 1 aliphatic rings. The van der Waals surface area contributed by atoms with E-state index in [1.807, 2.05) is 13.8 Å². The molecule has 3 heteroatoms. The normalized spacial score (nSPS) is 31.4. The Kier molecular flexibility index (Phi) is 2.85. The zero-order chi connectivity index (χ0) is 9.30. The molecule has 70 valence electrons. The average molecular weight is 171 g/mol. The lowest BCUT2D eigenvalue weighted by Crippen LogP contribution is -2.44. The van der Waals surface area contributed by atoms with Crippen LogP contribution in [0.2, 0.25) is 0 Å². The first-order valence-corrected chi connectivity index (χ1v) is 4.48. The minimum absolute atomic E-state index is 0.0775. The predicted molar refractivity (Wildman–Crippen MR) is 46.9 cm³/mol. The Labute approximate surface area is 73.4 Å². The van der Waals surface area contributed by atoms with Crippen molar-refractivity contribution in [2.45, 2.75) is 45.4 Å². The highest BCUT2D eigenvalue weighted by atomic mass is 16.3. The largest absolute Gasteiger partial charge is 0.391 e. The van der Waals surface area contributed by atoms with Crippen molar-refractivity contribution < 1.29 is 9.90 Å². The maximum Gasteiger partial charge on any atom is 0.149 e. The van der Waals surface area contributed by atoms with Crippen LogP contribution in [0.25, 0.3) is 0 Å². The minimum atomic E-state index is -0.454. The van der Waals surface area contributed by atoms with Gasteiger partial charge in [0.1, 0.15) is 5.78 Å². The molecule has 1 aliphatic heterocycles. The Balaban J connectivity index is 2.70. The van der Waals surface area contributed by atoms with Gasteiger partial charge in [0.05, 0.1) is 12.1 Å². The number of aliphatic hydroxyl groups excluding tert-OH is 1. The Morgan fingerprint density at radius 1 is 1.58 bits per heavy atom. The summed E-state index contributed by atoms with van der Waals surface area (Å²) in [7, 11) is 0. The van der Waals surface area contributed by atoms with E-state index in [4.69, 9.17) is 0 Å². The summed E-state index contributed by atoms with van der Waals surface area (Å²) in [6.45, 7) is 6.49. The van der Waals surface area contributed by atoms with Crippen LogP contribution in [0.15, 0.2) is 0 Å². The Morgan fingerprint density at radius 3 is 2.50 bits per heavy atom. The molecule has 0 bridgehead atoms. The van der Waals surface area contributed by atoms with E-state index in [0.717, 1.165) is 13.0 Å². The van der Waals surface area contributed by atoms with E-state index in [1.165, 1.54) is 0 Å². The molecule has 0 spiro atoms. The summed E-state index contributed by atoms with van der Waals surface area (Å²) in [4.78, 5) is 13.2. The van der Waals surface area contributed by atoms with Crippen molar-refractivity contribution >= 4 is 5.78 Å². The van der Waals surface area contributed by atoms with Crippen LogP contribution >= 0.6 is 0 Å². The number of aliphatic hydroxyl groups is 1. The fourth-order valence-electron chi connectivity index (χ4n) is 1.88. The second kappa shape index (κ2) is 3.54. The van der Waals surface area contributed by atoms with Gasteiger partial charge in [-0.05, 0) is 27.2 Å². The quantitative estimate of drug-likeness (QED) is 0.654. The Hall–Kier alpha value is -0.410. The van der Waals surface area contributed by atoms with Gasteiger partial charge in [0.2, 0.25) is 0 Å². The number of nitrogens with zero attached hydrogens (tertiary/aromatic N) is 1. The third-order valence-corrected chi connectivity index (χ3v) is 2.48. The van der Waals surface area contributed by atoms with Crippen LogP contribution in [0.4, 0.5) is 0 Å². The van der Waals surface area contributed by atoms with Gasteiger partial charge in [0.15, 0.2) is 0 Å². The van der Waals surface area contributed by atoms with Crippen molar-refractivity contribution in [3.05, 3.63) is 0 Å². The number of Topliss-reactive ketones (excluding diaryl/α,β-unsaturated/α-hetero) is 1. The van der Waals surface area contributed by atoms with Crippen molar-refractivity contribution in [3.8, 4) is 0 Å². The van der Waals surface area contributed by atoms with E-state index >= 15 is 0 Å². The molecule has 0 saturated carbocycles. The first-order valence-electron chi connectivity index (χ1n) is 4.48. The predicted octanol–water partition coefficient (Wildman–Crippen LogP) is 0.419. The third-order valence-electron chi connectivity index (χ3n) is 2.48. The molecule has 0 aromatic rings. The molecule has 1 rings (SSSR count). The van der Waals surface area contributed by atoms with Crippen LogP contribution in [0, 0.1) is 0 Å². The van der Waals surface area contributed by atoms with E-state index in [9.17, 15) is 9.90 Å². The summed E-state index contributed by atoms with van der Waals surface area (Å²) in [5.41, 5.74) is 0. The summed E-state index contributed by atoms with van der Waals surface area (Å²) in [6.07, 6.45) is 0.271. The highest BCUT2D eigenvalue weighted by Gasteiger charge is 2.36. The molecule has 0 amide bonds. The highest BCUT2D eigenvalue weighted by Crippen LogP contribution is 2.20. The highest BCUT2D eigenvalue weighted by molar-refractivity contribution is 5.82. The van der Waals surface area contributed by atoms with E-state index < -0.39 is 6.10 Å². The molecule has 0 aromatic carbocycles. The zero-order valence-corrected chi connectivity index (χ0v) is 7.95. The summed E-state index contributed by atoms with van der Waals surface area (Å²) in [5, 5.41) is 9.52. The van der Waals surface area contributed by atoms with Crippen LogP contribution in [0.5, 0.6) is 0 Å². The monoisotopic (exact) mass is 171 g/mol. The molecule has 1 saturated heterocycles. The molecule has 3 nitrogen and oxygen atoms in total. The molecule has 0 aromatic heterocycles. The van der Waals surface area contributed by atoms with Gasteiger partial charge in [-0.25, -0.2) is 0 Å². The maximum atomic E-state index is 11.2. The van der Waals surface area contributed by atoms with E-state index in [0.29, 0.717) is 6.04 Å². The zero-order valence-electron chi connectivity index (χ0n) is 7.95. The standard InChI is InChI=1S/C9H17NO2/c1-6(2)10-5-4-8(12)9(10)7(3)11/h6,8-9,12H,4-5H2,1-3H3. The van der Waals surface area contributed by atoms with Crippen molar-refractivity contribution in [2.75, 3.05) is 6.54 Å². The third kappa shape index (κ3) is 1.67. The van der Waals surface area contributed by atoms with Crippen LogP contribution in [-0.2, 0) is 4.79 Å². The van der Waals surface area contributed by atoms with Gasteiger partial charge >= 0.3 is 0 Å². The lowest BCUT2D eigenvalue weighted by Gasteiger charge is -2.27. The fraction of sp³-hybridized carbons (Fsp3) is 0.889. The van der Waals surface area contributed by atoms with Gasteiger partial charge in [-0.15, -0.1) is 0 Å². The van der Waals surface area contributed by atoms with Crippen molar-refractivity contribution in [1.82, 2.24) is 4.90 Å². The summed E-state index contributed by atoms with van der Waals surface area (Å²) >= 11 is 0. The molecule has 2 atom stereocenters. The SMILES string of the molecule is CC(=O)C1C(O)CCN1C(C)C.